The Hall–Kier alpha value is -1.30. The average Bonchev–Trinajstić information content (AvgIpc) is 2.14. The highest BCUT2D eigenvalue weighted by Crippen LogP contribution is 2.31. The maximum atomic E-state index is 12.9. The minimum absolute atomic E-state index is 0.135. The van der Waals surface area contributed by atoms with E-state index in [1.54, 1.807) is 0 Å². The molecular formula is C8H4ClF4NO. The molecule has 7 heteroatoms. The van der Waals surface area contributed by atoms with Crippen molar-refractivity contribution in [3.8, 4) is 0 Å². The zero-order chi connectivity index (χ0) is 11.6. The van der Waals surface area contributed by atoms with Gasteiger partial charge >= 0.3 is 6.18 Å². The second-order valence-corrected chi connectivity index (χ2v) is 2.94. The van der Waals surface area contributed by atoms with E-state index in [1.165, 1.54) is 0 Å². The molecule has 0 bridgehead atoms. The molecule has 0 saturated carbocycles. The molecule has 1 aromatic carbocycles. The van der Waals surface area contributed by atoms with Crippen LogP contribution < -0.4 is 0 Å². The predicted molar refractivity (Wildman–Crippen MR) is 45.6 cm³/mol. The van der Waals surface area contributed by atoms with Crippen LogP contribution in [-0.4, -0.2) is 10.4 Å². The van der Waals surface area contributed by atoms with Crippen molar-refractivity contribution in [3.05, 3.63) is 35.1 Å². The normalized spacial score (nSPS) is 13.0. The van der Waals surface area contributed by atoms with Crippen molar-refractivity contribution >= 4 is 16.8 Å². The first-order chi connectivity index (χ1) is 6.86. The monoisotopic (exact) mass is 241 g/mol. The van der Waals surface area contributed by atoms with Gasteiger partial charge in [-0.25, -0.2) is 4.39 Å². The van der Waals surface area contributed by atoms with Crippen LogP contribution in [0.4, 0.5) is 17.6 Å². The molecule has 0 unspecified atom stereocenters. The van der Waals surface area contributed by atoms with E-state index >= 15 is 0 Å². The zero-order valence-electron chi connectivity index (χ0n) is 7.02. The average molecular weight is 242 g/mol. The van der Waals surface area contributed by atoms with Crippen LogP contribution in [0.3, 0.4) is 0 Å². The van der Waals surface area contributed by atoms with Crippen molar-refractivity contribution in [3.63, 3.8) is 0 Å². The van der Waals surface area contributed by atoms with Crippen molar-refractivity contribution in [2.75, 3.05) is 0 Å². The predicted octanol–water partition coefficient (Wildman–Crippen LogP) is 3.22. The second kappa shape index (κ2) is 4.06. The topological polar surface area (TPSA) is 32.6 Å². The lowest BCUT2D eigenvalue weighted by molar-refractivity contribution is -0.140. The third-order valence-electron chi connectivity index (χ3n) is 1.60. The van der Waals surface area contributed by atoms with Crippen LogP contribution in [0, 0.1) is 5.82 Å². The number of hydrogen-bond donors (Lipinski definition) is 1. The number of nitrogens with zero attached hydrogens (tertiary/aromatic N) is 1. The number of oxime groups is 1. The molecule has 0 saturated heterocycles. The lowest BCUT2D eigenvalue weighted by atomic mass is 10.1. The van der Waals surface area contributed by atoms with Crippen LogP contribution in [0.1, 0.15) is 11.1 Å². The smallest absolute Gasteiger partial charge is 0.410 e. The van der Waals surface area contributed by atoms with Gasteiger partial charge in [-0.05, 0) is 12.1 Å². The molecule has 2 nitrogen and oxygen atoms in total. The summed E-state index contributed by atoms with van der Waals surface area (Å²) >= 11 is 5.28. The maximum absolute atomic E-state index is 12.9. The van der Waals surface area contributed by atoms with Gasteiger partial charge in [-0.15, -0.1) is 0 Å². The van der Waals surface area contributed by atoms with Crippen molar-refractivity contribution in [1.29, 1.82) is 0 Å². The van der Waals surface area contributed by atoms with Gasteiger partial charge < -0.3 is 5.21 Å². The molecule has 0 fully saturated rings. The molecule has 0 amide bonds. The van der Waals surface area contributed by atoms with Gasteiger partial charge in [0.05, 0.1) is 5.56 Å². The fraction of sp³-hybridized carbons (Fsp3) is 0.125. The van der Waals surface area contributed by atoms with E-state index < -0.39 is 22.7 Å². The summed E-state index contributed by atoms with van der Waals surface area (Å²) in [6, 6.07) is 1.98. The summed E-state index contributed by atoms with van der Waals surface area (Å²) in [7, 11) is 0. The molecular weight excluding hydrogens is 238 g/mol. The lowest BCUT2D eigenvalue weighted by Gasteiger charge is -2.08. The fourth-order valence-corrected chi connectivity index (χ4v) is 1.05. The van der Waals surface area contributed by atoms with Crippen molar-refractivity contribution in [2.24, 2.45) is 5.16 Å². The second-order valence-electron chi connectivity index (χ2n) is 2.58. The number of benzene rings is 1. The van der Waals surface area contributed by atoms with E-state index in [0.717, 1.165) is 6.07 Å². The number of hydrogen-bond acceptors (Lipinski definition) is 2. The quantitative estimate of drug-likeness (QED) is 0.348. The Morgan fingerprint density at radius 1 is 1.33 bits per heavy atom. The molecule has 1 aromatic rings. The van der Waals surface area contributed by atoms with E-state index in [4.69, 9.17) is 16.8 Å². The minimum Gasteiger partial charge on any atom is -0.410 e. The number of rotatable bonds is 1. The minimum atomic E-state index is -4.76. The first-order valence-corrected chi connectivity index (χ1v) is 3.98. The number of alkyl halides is 3. The summed E-state index contributed by atoms with van der Waals surface area (Å²) in [5.74, 6) is -1.47. The van der Waals surface area contributed by atoms with Crippen molar-refractivity contribution in [1.82, 2.24) is 0 Å². The highest BCUT2D eigenvalue weighted by molar-refractivity contribution is 6.69. The lowest BCUT2D eigenvalue weighted by Crippen LogP contribution is -2.08. The molecule has 0 spiro atoms. The molecule has 15 heavy (non-hydrogen) atoms. The molecule has 0 aliphatic heterocycles. The summed E-state index contributed by atoms with van der Waals surface area (Å²) < 4.78 is 49.3. The third kappa shape index (κ3) is 2.59. The molecule has 0 heterocycles. The zero-order valence-corrected chi connectivity index (χ0v) is 7.77. The largest absolute Gasteiger partial charge is 0.419 e. The molecule has 0 aromatic heterocycles. The highest BCUT2D eigenvalue weighted by atomic mass is 35.5. The molecule has 0 aliphatic carbocycles. The van der Waals surface area contributed by atoms with E-state index in [0.29, 0.717) is 12.1 Å². The highest BCUT2D eigenvalue weighted by Gasteiger charge is 2.34. The third-order valence-corrected chi connectivity index (χ3v) is 1.89. The molecule has 0 radical (unpaired) electrons. The van der Waals surface area contributed by atoms with Crippen LogP contribution >= 0.6 is 11.6 Å². The van der Waals surface area contributed by atoms with Gasteiger partial charge in [0.2, 0.25) is 0 Å². The summed E-state index contributed by atoms with van der Waals surface area (Å²) in [6.07, 6.45) is -4.76. The van der Waals surface area contributed by atoms with Gasteiger partial charge in [0, 0.05) is 5.56 Å². The van der Waals surface area contributed by atoms with Gasteiger partial charge in [-0.1, -0.05) is 22.8 Å². The van der Waals surface area contributed by atoms with Gasteiger partial charge in [0.25, 0.3) is 0 Å². The van der Waals surface area contributed by atoms with Crippen LogP contribution in [0.2, 0.25) is 0 Å². The Morgan fingerprint density at radius 2 is 1.93 bits per heavy atom. The fourth-order valence-electron chi connectivity index (χ4n) is 0.931. The summed E-state index contributed by atoms with van der Waals surface area (Å²) in [4.78, 5) is 0. The Kier molecular flexibility index (Phi) is 3.18. The molecule has 0 atom stereocenters. The first-order valence-electron chi connectivity index (χ1n) is 3.61. The molecule has 0 aliphatic rings. The Balaban J connectivity index is 3.21. The summed E-state index contributed by atoms with van der Waals surface area (Å²) in [5.41, 5.74) is -1.53. The Morgan fingerprint density at radius 3 is 2.33 bits per heavy atom. The SMILES string of the molecule is ON=C(Cl)c1ccc(C(F)(F)F)c(F)c1. The van der Waals surface area contributed by atoms with Gasteiger partial charge in [0.1, 0.15) is 5.82 Å². The van der Waals surface area contributed by atoms with Gasteiger partial charge in [-0.3, -0.25) is 0 Å². The van der Waals surface area contributed by atoms with Crippen LogP contribution in [0.15, 0.2) is 23.4 Å². The van der Waals surface area contributed by atoms with Gasteiger partial charge in [-0.2, -0.15) is 13.2 Å². The van der Waals surface area contributed by atoms with Crippen LogP contribution in [-0.2, 0) is 6.18 Å². The molecule has 1 N–H and O–H groups in total. The summed E-state index contributed by atoms with van der Waals surface area (Å²) in [5, 5.41) is 10.3. The van der Waals surface area contributed by atoms with Crippen molar-refractivity contribution < 1.29 is 22.8 Å². The number of halogens is 5. The van der Waals surface area contributed by atoms with Crippen LogP contribution in [0.5, 0.6) is 0 Å². The van der Waals surface area contributed by atoms with E-state index in [2.05, 4.69) is 5.16 Å². The van der Waals surface area contributed by atoms with Crippen molar-refractivity contribution in [2.45, 2.75) is 6.18 Å². The van der Waals surface area contributed by atoms with E-state index in [9.17, 15) is 17.6 Å². The maximum Gasteiger partial charge on any atom is 0.419 e. The molecule has 82 valence electrons. The van der Waals surface area contributed by atoms with Crippen LogP contribution in [0.25, 0.3) is 0 Å². The van der Waals surface area contributed by atoms with E-state index in [1.807, 2.05) is 0 Å². The Labute approximate surface area is 86.8 Å². The summed E-state index contributed by atoms with van der Waals surface area (Å²) in [6.45, 7) is 0. The van der Waals surface area contributed by atoms with Gasteiger partial charge in [0.15, 0.2) is 5.17 Å². The van der Waals surface area contributed by atoms with E-state index in [-0.39, 0.29) is 5.56 Å². The Bertz CT molecular complexity index is 402. The first kappa shape index (κ1) is 11.8. The standard InChI is InChI=1S/C8H4ClF4NO/c9-7(14-15)4-1-2-5(6(10)3-4)8(11,12)13/h1-3,15H. The molecule has 1 rings (SSSR count).